The molecule has 0 spiro atoms. The van der Waals surface area contributed by atoms with Crippen molar-refractivity contribution in [1.29, 1.82) is 0 Å². The van der Waals surface area contributed by atoms with E-state index in [4.69, 9.17) is 0 Å². The fourth-order valence-corrected chi connectivity index (χ4v) is 2.01. The molecule has 1 N–H and O–H groups in total. The largest absolute Gasteiger partial charge is 0.302 e. The Hall–Kier alpha value is -2.54. The molecule has 1 aliphatic rings. The zero-order valence-electron chi connectivity index (χ0n) is 10.6. The highest BCUT2D eigenvalue weighted by Gasteiger charge is 2.39. The fraction of sp³-hybridized carbons (Fsp3) is 0.231. The number of carbonyl (C=O) groups is 2. The lowest BCUT2D eigenvalue weighted by Crippen LogP contribution is -2.38. The van der Waals surface area contributed by atoms with Crippen LogP contribution in [0.5, 0.6) is 0 Å². The van der Waals surface area contributed by atoms with Gasteiger partial charge in [0, 0.05) is 18.7 Å². The van der Waals surface area contributed by atoms with E-state index in [-0.39, 0.29) is 23.9 Å². The third kappa shape index (κ3) is 2.57. The summed E-state index contributed by atoms with van der Waals surface area (Å²) >= 11 is 0. The van der Waals surface area contributed by atoms with Gasteiger partial charge < -0.3 is 5.32 Å². The molecule has 0 aromatic heterocycles. The number of hydrogen-bond acceptors (Lipinski definition) is 5. The number of nitrogens with zero attached hydrogens (tertiary/aromatic N) is 2. The zero-order valence-corrected chi connectivity index (χ0v) is 10.6. The summed E-state index contributed by atoms with van der Waals surface area (Å²) in [6, 6.07) is 4.74. The van der Waals surface area contributed by atoms with E-state index >= 15 is 0 Å². The maximum absolute atomic E-state index is 12.1. The van der Waals surface area contributed by atoms with Gasteiger partial charge in [-0.05, 0) is 12.1 Å². The molecule has 0 bridgehead atoms. The standard InChI is InChI=1S/C13H13N3O4/c1-2-7-14-11-8-12(17)15(13(11)18)9-3-5-10(6-4-9)16(19)20/h2-6,11,14H,1,7-8H2/t11-/m0/s1. The summed E-state index contributed by atoms with van der Waals surface area (Å²) in [7, 11) is 0. The first-order valence-corrected chi connectivity index (χ1v) is 6.00. The number of nitrogens with one attached hydrogen (secondary N) is 1. The number of hydrogen-bond donors (Lipinski definition) is 1. The normalized spacial score (nSPS) is 18.4. The highest BCUT2D eigenvalue weighted by molar-refractivity contribution is 6.22. The fourth-order valence-electron chi connectivity index (χ4n) is 2.01. The number of nitro benzene ring substituents is 1. The van der Waals surface area contributed by atoms with Crippen LogP contribution in [-0.2, 0) is 9.59 Å². The quantitative estimate of drug-likeness (QED) is 0.374. The maximum atomic E-state index is 12.1. The first-order chi connectivity index (χ1) is 9.54. The van der Waals surface area contributed by atoms with Crippen LogP contribution in [-0.4, -0.2) is 29.3 Å². The van der Waals surface area contributed by atoms with Gasteiger partial charge in [0.25, 0.3) is 11.6 Å². The number of imide groups is 1. The van der Waals surface area contributed by atoms with Crippen LogP contribution in [0.15, 0.2) is 36.9 Å². The average Bonchev–Trinajstić information content (AvgIpc) is 2.71. The van der Waals surface area contributed by atoms with Crippen molar-refractivity contribution in [2.75, 3.05) is 11.4 Å². The second-order valence-electron chi connectivity index (χ2n) is 4.29. The molecule has 2 rings (SSSR count). The van der Waals surface area contributed by atoms with Crippen LogP contribution in [0.2, 0.25) is 0 Å². The topological polar surface area (TPSA) is 92.6 Å². The number of amides is 2. The van der Waals surface area contributed by atoms with Crippen LogP contribution in [0.3, 0.4) is 0 Å². The molecule has 104 valence electrons. The molecular formula is C13H13N3O4. The summed E-state index contributed by atoms with van der Waals surface area (Å²) in [6.07, 6.45) is 1.68. The molecule has 20 heavy (non-hydrogen) atoms. The van der Waals surface area contributed by atoms with E-state index in [1.807, 2.05) is 0 Å². The molecule has 0 aliphatic carbocycles. The van der Waals surface area contributed by atoms with Gasteiger partial charge in [0.15, 0.2) is 0 Å². The summed E-state index contributed by atoms with van der Waals surface area (Å²) in [5.41, 5.74) is 0.252. The Balaban J connectivity index is 2.19. The van der Waals surface area contributed by atoms with Crippen LogP contribution >= 0.6 is 0 Å². The van der Waals surface area contributed by atoms with Crippen molar-refractivity contribution in [3.05, 3.63) is 47.0 Å². The van der Waals surface area contributed by atoms with Crippen molar-refractivity contribution in [3.63, 3.8) is 0 Å². The SMILES string of the molecule is C=CCN[C@H]1CC(=O)N(c2ccc([N+](=O)[O-])cc2)C1=O. The maximum Gasteiger partial charge on any atom is 0.269 e. The molecule has 1 atom stereocenters. The minimum atomic E-state index is -0.573. The summed E-state index contributed by atoms with van der Waals surface area (Å²) in [4.78, 5) is 35.1. The molecule has 1 aromatic carbocycles. The number of carbonyl (C=O) groups excluding carboxylic acids is 2. The Morgan fingerprint density at radius 2 is 2.05 bits per heavy atom. The molecule has 1 aliphatic heterocycles. The lowest BCUT2D eigenvalue weighted by molar-refractivity contribution is -0.384. The van der Waals surface area contributed by atoms with Gasteiger partial charge in [-0.1, -0.05) is 6.08 Å². The van der Waals surface area contributed by atoms with Gasteiger partial charge in [0.05, 0.1) is 23.1 Å². The number of nitro groups is 1. The molecule has 7 nitrogen and oxygen atoms in total. The monoisotopic (exact) mass is 275 g/mol. The first-order valence-electron chi connectivity index (χ1n) is 6.00. The van der Waals surface area contributed by atoms with Crippen molar-refractivity contribution < 1.29 is 14.5 Å². The second-order valence-corrected chi connectivity index (χ2v) is 4.29. The Labute approximate surface area is 115 Å². The van der Waals surface area contributed by atoms with Gasteiger partial charge in [-0.25, -0.2) is 4.90 Å². The zero-order chi connectivity index (χ0) is 14.7. The molecule has 0 saturated carbocycles. The van der Waals surface area contributed by atoms with Gasteiger partial charge in [0.1, 0.15) is 0 Å². The van der Waals surface area contributed by atoms with Crippen molar-refractivity contribution in [1.82, 2.24) is 5.32 Å². The molecule has 7 heteroatoms. The average molecular weight is 275 g/mol. The number of rotatable bonds is 5. The Morgan fingerprint density at radius 1 is 1.40 bits per heavy atom. The van der Waals surface area contributed by atoms with Crippen LogP contribution in [0.25, 0.3) is 0 Å². The molecule has 0 radical (unpaired) electrons. The van der Waals surface area contributed by atoms with Gasteiger partial charge in [-0.15, -0.1) is 6.58 Å². The molecule has 1 fully saturated rings. The number of non-ortho nitro benzene ring substituents is 1. The van der Waals surface area contributed by atoms with Crippen LogP contribution in [0.1, 0.15) is 6.42 Å². The van der Waals surface area contributed by atoms with E-state index in [2.05, 4.69) is 11.9 Å². The smallest absolute Gasteiger partial charge is 0.269 e. The second kappa shape index (κ2) is 5.62. The van der Waals surface area contributed by atoms with Crippen LogP contribution < -0.4 is 10.2 Å². The van der Waals surface area contributed by atoms with E-state index in [0.717, 1.165) is 4.90 Å². The summed E-state index contributed by atoms with van der Waals surface area (Å²) in [6.45, 7) is 3.96. The van der Waals surface area contributed by atoms with E-state index in [1.165, 1.54) is 24.3 Å². The number of benzene rings is 1. The van der Waals surface area contributed by atoms with E-state index in [1.54, 1.807) is 6.08 Å². The van der Waals surface area contributed by atoms with E-state index in [0.29, 0.717) is 12.2 Å². The number of anilines is 1. The van der Waals surface area contributed by atoms with Gasteiger partial charge in [-0.2, -0.15) is 0 Å². The minimum Gasteiger partial charge on any atom is -0.302 e. The predicted octanol–water partition coefficient (Wildman–Crippen LogP) is 1.00. The van der Waals surface area contributed by atoms with Crippen molar-refractivity contribution in [2.45, 2.75) is 12.5 Å². The third-order valence-electron chi connectivity index (χ3n) is 2.97. The Morgan fingerprint density at radius 3 is 2.60 bits per heavy atom. The van der Waals surface area contributed by atoms with Gasteiger partial charge >= 0.3 is 0 Å². The van der Waals surface area contributed by atoms with Gasteiger partial charge in [0.2, 0.25) is 5.91 Å². The van der Waals surface area contributed by atoms with Crippen LogP contribution in [0, 0.1) is 10.1 Å². The summed E-state index contributed by atoms with van der Waals surface area (Å²) in [5.74, 6) is -0.684. The molecule has 0 unspecified atom stereocenters. The predicted molar refractivity (Wildman–Crippen MR) is 72.2 cm³/mol. The molecular weight excluding hydrogens is 262 g/mol. The third-order valence-corrected chi connectivity index (χ3v) is 2.97. The lowest BCUT2D eigenvalue weighted by atomic mass is 10.2. The van der Waals surface area contributed by atoms with Crippen molar-refractivity contribution in [2.24, 2.45) is 0 Å². The van der Waals surface area contributed by atoms with Crippen molar-refractivity contribution >= 4 is 23.2 Å². The van der Waals surface area contributed by atoms with Crippen LogP contribution in [0.4, 0.5) is 11.4 Å². The lowest BCUT2D eigenvalue weighted by Gasteiger charge is -2.14. The minimum absolute atomic E-state index is 0.0731. The van der Waals surface area contributed by atoms with E-state index < -0.39 is 11.0 Å². The van der Waals surface area contributed by atoms with Crippen molar-refractivity contribution in [3.8, 4) is 0 Å². The first kappa shape index (κ1) is 13.9. The molecule has 1 aromatic rings. The van der Waals surface area contributed by atoms with E-state index in [9.17, 15) is 19.7 Å². The Bertz CT molecular complexity index is 567. The summed E-state index contributed by atoms with van der Waals surface area (Å²) in [5, 5.41) is 13.5. The highest BCUT2D eigenvalue weighted by Crippen LogP contribution is 2.25. The molecule has 1 saturated heterocycles. The molecule has 2 amide bonds. The summed E-state index contributed by atoms with van der Waals surface area (Å²) < 4.78 is 0. The Kier molecular flexibility index (Phi) is 3.90. The van der Waals surface area contributed by atoms with Gasteiger partial charge in [-0.3, -0.25) is 19.7 Å². The molecule has 1 heterocycles. The highest BCUT2D eigenvalue weighted by atomic mass is 16.6.